The van der Waals surface area contributed by atoms with E-state index in [0.29, 0.717) is 18.0 Å². The largest absolute Gasteiger partial charge is 0.336 e. The average Bonchev–Trinajstić information content (AvgIpc) is 2.48. The highest BCUT2D eigenvalue weighted by atomic mass is 32.2. The fourth-order valence-electron chi connectivity index (χ4n) is 2.68. The minimum atomic E-state index is -3.24. The van der Waals surface area contributed by atoms with Crippen molar-refractivity contribution in [3.8, 4) is 0 Å². The molecule has 2 amide bonds. The number of nitrogens with zero attached hydrogens (tertiary/aromatic N) is 1. The standard InChI is InChI=1S/C16H24N2O3S/c1-13(2)17-16(19)18-10-8-14(9-11-18)12-22(20,21)15-6-4-3-5-7-15/h3-7,13-14H,8-12H2,1-2H3,(H,17,19). The molecule has 0 aromatic heterocycles. The number of amides is 2. The Morgan fingerprint density at radius 2 is 1.82 bits per heavy atom. The Morgan fingerprint density at radius 3 is 2.36 bits per heavy atom. The summed E-state index contributed by atoms with van der Waals surface area (Å²) in [7, 11) is -3.24. The van der Waals surface area contributed by atoms with Crippen molar-refractivity contribution in [1.82, 2.24) is 10.2 Å². The molecule has 1 heterocycles. The summed E-state index contributed by atoms with van der Waals surface area (Å²) in [6, 6.07) is 8.63. The molecule has 1 aliphatic rings. The molecule has 0 bridgehead atoms. The van der Waals surface area contributed by atoms with Crippen LogP contribution < -0.4 is 5.32 Å². The first-order chi connectivity index (χ1) is 10.4. The van der Waals surface area contributed by atoms with Gasteiger partial charge in [0.2, 0.25) is 0 Å². The third-order valence-electron chi connectivity index (χ3n) is 3.87. The zero-order valence-electron chi connectivity index (χ0n) is 13.2. The molecule has 22 heavy (non-hydrogen) atoms. The predicted octanol–water partition coefficient (Wildman–Crippen LogP) is 2.29. The fraction of sp³-hybridized carbons (Fsp3) is 0.562. The summed E-state index contributed by atoms with van der Waals surface area (Å²) in [5.41, 5.74) is 0. The van der Waals surface area contributed by atoms with E-state index in [2.05, 4.69) is 5.32 Å². The van der Waals surface area contributed by atoms with Crippen LogP contribution in [0.1, 0.15) is 26.7 Å². The summed E-state index contributed by atoms with van der Waals surface area (Å²) >= 11 is 0. The van der Waals surface area contributed by atoms with Crippen LogP contribution in [-0.4, -0.2) is 44.2 Å². The molecule has 1 saturated heterocycles. The van der Waals surface area contributed by atoms with Gasteiger partial charge in [-0.1, -0.05) is 18.2 Å². The van der Waals surface area contributed by atoms with Crippen LogP contribution >= 0.6 is 0 Å². The number of carbonyl (C=O) groups is 1. The van der Waals surface area contributed by atoms with Crippen LogP contribution in [0.25, 0.3) is 0 Å². The van der Waals surface area contributed by atoms with Gasteiger partial charge in [0.25, 0.3) is 0 Å². The zero-order valence-corrected chi connectivity index (χ0v) is 14.0. The normalized spacial score (nSPS) is 16.8. The van der Waals surface area contributed by atoms with Gasteiger partial charge in [0, 0.05) is 19.1 Å². The van der Waals surface area contributed by atoms with Crippen molar-refractivity contribution >= 4 is 15.9 Å². The average molecular weight is 324 g/mol. The van der Waals surface area contributed by atoms with Gasteiger partial charge in [-0.25, -0.2) is 13.2 Å². The number of sulfone groups is 1. The molecule has 0 saturated carbocycles. The third kappa shape index (κ3) is 4.47. The highest BCUT2D eigenvalue weighted by molar-refractivity contribution is 7.91. The van der Waals surface area contributed by atoms with Crippen LogP contribution in [0.4, 0.5) is 4.79 Å². The van der Waals surface area contributed by atoms with E-state index in [1.165, 1.54) is 0 Å². The summed E-state index contributed by atoms with van der Waals surface area (Å²) < 4.78 is 24.7. The summed E-state index contributed by atoms with van der Waals surface area (Å²) in [6.45, 7) is 5.09. The van der Waals surface area contributed by atoms with Crippen molar-refractivity contribution in [3.05, 3.63) is 30.3 Å². The van der Waals surface area contributed by atoms with E-state index in [4.69, 9.17) is 0 Å². The zero-order chi connectivity index (χ0) is 16.2. The molecular weight excluding hydrogens is 300 g/mol. The van der Waals surface area contributed by atoms with Crippen molar-refractivity contribution in [3.63, 3.8) is 0 Å². The molecule has 0 aliphatic carbocycles. The van der Waals surface area contributed by atoms with E-state index in [1.54, 1.807) is 29.2 Å². The van der Waals surface area contributed by atoms with Gasteiger partial charge >= 0.3 is 6.03 Å². The third-order valence-corrected chi connectivity index (χ3v) is 5.77. The SMILES string of the molecule is CC(C)NC(=O)N1CCC(CS(=O)(=O)c2ccccc2)CC1. The fourth-order valence-corrected chi connectivity index (χ4v) is 4.39. The van der Waals surface area contributed by atoms with Gasteiger partial charge in [-0.05, 0) is 44.7 Å². The highest BCUT2D eigenvalue weighted by Crippen LogP contribution is 2.22. The molecule has 1 fully saturated rings. The molecule has 1 aromatic rings. The van der Waals surface area contributed by atoms with Gasteiger partial charge in [0.05, 0.1) is 10.6 Å². The van der Waals surface area contributed by atoms with Gasteiger partial charge in [-0.3, -0.25) is 0 Å². The minimum absolute atomic E-state index is 0.0561. The Labute approximate surface area is 132 Å². The van der Waals surface area contributed by atoms with Crippen molar-refractivity contribution in [2.45, 2.75) is 37.6 Å². The Hall–Kier alpha value is -1.56. The lowest BCUT2D eigenvalue weighted by molar-refractivity contribution is 0.172. The molecule has 2 rings (SSSR count). The summed E-state index contributed by atoms with van der Waals surface area (Å²) in [6.07, 6.45) is 1.47. The number of rotatable bonds is 4. The van der Waals surface area contributed by atoms with E-state index in [9.17, 15) is 13.2 Å². The first-order valence-electron chi connectivity index (χ1n) is 7.72. The van der Waals surface area contributed by atoms with Crippen molar-refractivity contribution in [2.24, 2.45) is 5.92 Å². The van der Waals surface area contributed by atoms with E-state index in [0.717, 1.165) is 12.8 Å². The van der Waals surface area contributed by atoms with Gasteiger partial charge in [0.1, 0.15) is 0 Å². The van der Waals surface area contributed by atoms with Crippen LogP contribution in [0.3, 0.4) is 0 Å². The Balaban J connectivity index is 1.89. The number of carbonyl (C=O) groups excluding carboxylic acids is 1. The highest BCUT2D eigenvalue weighted by Gasteiger charge is 2.27. The van der Waals surface area contributed by atoms with Gasteiger partial charge in [-0.2, -0.15) is 0 Å². The lowest BCUT2D eigenvalue weighted by atomic mass is 9.99. The quantitative estimate of drug-likeness (QED) is 0.924. The summed E-state index contributed by atoms with van der Waals surface area (Å²) in [5, 5.41) is 2.87. The summed E-state index contributed by atoms with van der Waals surface area (Å²) in [4.78, 5) is 14.1. The Morgan fingerprint density at radius 1 is 1.23 bits per heavy atom. The molecule has 122 valence electrons. The molecule has 1 aromatic carbocycles. The van der Waals surface area contributed by atoms with E-state index < -0.39 is 9.84 Å². The maximum absolute atomic E-state index is 12.4. The summed E-state index contributed by atoms with van der Waals surface area (Å²) in [5.74, 6) is 0.282. The first kappa shape index (κ1) is 16.8. The number of nitrogens with one attached hydrogen (secondary N) is 1. The van der Waals surface area contributed by atoms with Crippen LogP contribution in [0.15, 0.2) is 35.2 Å². The molecular formula is C16H24N2O3S. The molecule has 0 unspecified atom stereocenters. The number of benzene rings is 1. The molecule has 0 spiro atoms. The molecule has 0 atom stereocenters. The van der Waals surface area contributed by atoms with Gasteiger partial charge < -0.3 is 10.2 Å². The number of piperidine rings is 1. The molecule has 5 nitrogen and oxygen atoms in total. The lowest BCUT2D eigenvalue weighted by Crippen LogP contribution is -2.47. The number of likely N-dealkylation sites (tertiary alicyclic amines) is 1. The van der Waals surface area contributed by atoms with E-state index in [1.807, 2.05) is 19.9 Å². The van der Waals surface area contributed by atoms with Gasteiger partial charge in [-0.15, -0.1) is 0 Å². The second kappa shape index (κ2) is 7.13. The van der Waals surface area contributed by atoms with Crippen LogP contribution in [-0.2, 0) is 9.84 Å². The number of hydrogen-bond donors (Lipinski definition) is 1. The maximum atomic E-state index is 12.4. The van der Waals surface area contributed by atoms with Crippen molar-refractivity contribution in [2.75, 3.05) is 18.8 Å². The van der Waals surface area contributed by atoms with Crippen LogP contribution in [0.5, 0.6) is 0 Å². The first-order valence-corrected chi connectivity index (χ1v) is 9.37. The van der Waals surface area contributed by atoms with Crippen LogP contribution in [0, 0.1) is 5.92 Å². The van der Waals surface area contributed by atoms with Crippen molar-refractivity contribution in [1.29, 1.82) is 0 Å². The predicted molar refractivity (Wildman–Crippen MR) is 86.5 cm³/mol. The number of urea groups is 1. The monoisotopic (exact) mass is 324 g/mol. The van der Waals surface area contributed by atoms with Gasteiger partial charge in [0.15, 0.2) is 9.84 Å². The minimum Gasteiger partial charge on any atom is -0.336 e. The Kier molecular flexibility index (Phi) is 5.45. The molecule has 6 heteroatoms. The number of hydrogen-bond acceptors (Lipinski definition) is 3. The molecule has 1 N–H and O–H groups in total. The van der Waals surface area contributed by atoms with E-state index in [-0.39, 0.29) is 23.7 Å². The second-order valence-electron chi connectivity index (χ2n) is 6.13. The molecule has 0 radical (unpaired) electrons. The van der Waals surface area contributed by atoms with E-state index >= 15 is 0 Å². The molecule has 1 aliphatic heterocycles. The van der Waals surface area contributed by atoms with Crippen molar-refractivity contribution < 1.29 is 13.2 Å². The smallest absolute Gasteiger partial charge is 0.317 e. The van der Waals surface area contributed by atoms with Crippen LogP contribution in [0.2, 0.25) is 0 Å². The maximum Gasteiger partial charge on any atom is 0.317 e. The second-order valence-corrected chi connectivity index (χ2v) is 8.16. The Bertz CT molecular complexity index is 591. The topological polar surface area (TPSA) is 66.5 Å². The lowest BCUT2D eigenvalue weighted by Gasteiger charge is -2.32.